The van der Waals surface area contributed by atoms with E-state index in [2.05, 4.69) is 11.8 Å². The number of phenols is 1. The molecule has 0 unspecified atom stereocenters. The van der Waals surface area contributed by atoms with Crippen LogP contribution in [0.15, 0.2) is 60.0 Å². The highest BCUT2D eigenvalue weighted by atomic mass is 35.5. The van der Waals surface area contributed by atoms with Crippen LogP contribution in [0.25, 0.3) is 19.8 Å². The highest BCUT2D eigenvalue weighted by molar-refractivity contribution is 7.26. The van der Waals surface area contributed by atoms with Crippen LogP contribution in [0.1, 0.15) is 29.3 Å². The van der Waals surface area contributed by atoms with Gasteiger partial charge in [-0.15, -0.1) is 35.1 Å². The molecular weight excluding hydrogens is 462 g/mol. The summed E-state index contributed by atoms with van der Waals surface area (Å²) in [5, 5.41) is 12.8. The molecule has 0 spiro atoms. The maximum absolute atomic E-state index is 13.5. The Hall–Kier alpha value is -2.38. The molecule has 4 nitrogen and oxygen atoms in total. The Morgan fingerprint density at radius 2 is 1.94 bits per heavy atom. The number of fused-ring (bicyclic) bond motifs is 1. The van der Waals surface area contributed by atoms with Gasteiger partial charge in [-0.25, -0.2) is 0 Å². The van der Waals surface area contributed by atoms with Crippen LogP contribution in [-0.4, -0.2) is 41.5 Å². The molecule has 2 aromatic carbocycles. The topological polar surface area (TPSA) is 49.8 Å². The molecule has 32 heavy (non-hydrogen) atoms. The highest BCUT2D eigenvalue weighted by Gasteiger charge is 2.27. The lowest BCUT2D eigenvalue weighted by Gasteiger charge is -2.38. The minimum absolute atomic E-state index is 0. The largest absolute Gasteiger partial charge is 0.508 e. The zero-order valence-electron chi connectivity index (χ0n) is 17.6. The maximum atomic E-state index is 13.5. The van der Waals surface area contributed by atoms with Gasteiger partial charge in [0, 0.05) is 39.2 Å². The number of thiophene rings is 2. The lowest BCUT2D eigenvalue weighted by Crippen LogP contribution is -2.53. The normalized spacial score (nSPS) is 14.2. The average Bonchev–Trinajstić information content (AvgIpc) is 3.39. The van der Waals surface area contributed by atoms with Crippen LogP contribution in [0.4, 0.5) is 0 Å². The molecule has 2 aromatic heterocycles. The lowest BCUT2D eigenvalue weighted by molar-refractivity contribution is 0.0202. The molecule has 1 aliphatic rings. The van der Waals surface area contributed by atoms with Crippen molar-refractivity contribution >= 4 is 50.9 Å². The number of phenolic OH excluding ortho intramolecular Hbond substituents is 1. The van der Waals surface area contributed by atoms with Crippen LogP contribution in [0.2, 0.25) is 0 Å². The number of benzene rings is 2. The van der Waals surface area contributed by atoms with Crippen LogP contribution in [0, 0.1) is 0 Å². The van der Waals surface area contributed by atoms with Crippen molar-refractivity contribution in [2.75, 3.05) is 19.6 Å². The van der Waals surface area contributed by atoms with Gasteiger partial charge >= 0.3 is 0 Å². The van der Waals surface area contributed by atoms with Crippen molar-refractivity contribution < 1.29 is 14.6 Å². The molecule has 166 valence electrons. The van der Waals surface area contributed by atoms with Gasteiger partial charge in [0.1, 0.15) is 17.6 Å². The number of carbonyl (C=O) groups excluding carboxylic acids is 1. The number of rotatable bonds is 7. The molecule has 0 radical (unpaired) electrons. The van der Waals surface area contributed by atoms with Crippen LogP contribution in [0.5, 0.6) is 11.5 Å². The van der Waals surface area contributed by atoms with E-state index in [1.54, 1.807) is 34.8 Å². The summed E-state index contributed by atoms with van der Waals surface area (Å²) < 4.78 is 6.95. The van der Waals surface area contributed by atoms with E-state index in [1.165, 1.54) is 0 Å². The molecule has 0 saturated carbocycles. The van der Waals surface area contributed by atoms with Crippen molar-refractivity contribution in [3.8, 4) is 21.3 Å². The van der Waals surface area contributed by atoms with Gasteiger partial charge in [0.25, 0.3) is 0 Å². The summed E-state index contributed by atoms with van der Waals surface area (Å²) >= 11 is 3.16. The summed E-state index contributed by atoms with van der Waals surface area (Å²) in [6, 6.07) is 16.7. The van der Waals surface area contributed by atoms with Gasteiger partial charge in [0.05, 0.1) is 4.88 Å². The number of ether oxygens (including phenoxy) is 1. The van der Waals surface area contributed by atoms with Gasteiger partial charge in [-0.3, -0.25) is 9.69 Å². The molecule has 1 N–H and O–H groups in total. The van der Waals surface area contributed by atoms with Crippen LogP contribution in [-0.2, 0) is 0 Å². The van der Waals surface area contributed by atoms with Crippen LogP contribution in [0.3, 0.4) is 0 Å². The van der Waals surface area contributed by atoms with Gasteiger partial charge in [-0.2, -0.15) is 0 Å². The third-order valence-electron chi connectivity index (χ3n) is 5.53. The number of halogens is 1. The first-order valence-electron chi connectivity index (χ1n) is 10.5. The molecule has 1 fully saturated rings. The third-order valence-corrected chi connectivity index (χ3v) is 7.73. The highest BCUT2D eigenvalue weighted by Crippen LogP contribution is 2.42. The lowest BCUT2D eigenvalue weighted by atomic mass is 9.99. The Morgan fingerprint density at radius 3 is 2.62 bits per heavy atom. The van der Waals surface area contributed by atoms with E-state index in [-0.39, 0.29) is 30.0 Å². The Morgan fingerprint density at radius 1 is 1.16 bits per heavy atom. The van der Waals surface area contributed by atoms with E-state index < -0.39 is 0 Å². The Bertz CT molecular complexity index is 1210. The fourth-order valence-electron chi connectivity index (χ4n) is 4.01. The predicted octanol–water partition coefficient (Wildman–Crippen LogP) is 6.46. The van der Waals surface area contributed by atoms with Crippen molar-refractivity contribution in [1.82, 2.24) is 4.90 Å². The van der Waals surface area contributed by atoms with E-state index >= 15 is 0 Å². The van der Waals surface area contributed by atoms with Crippen LogP contribution >= 0.6 is 35.1 Å². The standard InChI is InChI=1S/C25H23NO3S2.ClH/c1-2-11-26-14-19(15-26)29-18-8-5-16(6-9-18)24(28)23-20-10-7-17(27)13-22(20)31-25(23)21-4-3-12-30-21;/h3-10,12-13,19,27H,2,11,14-15H2,1H3;1H. The van der Waals surface area contributed by atoms with Crippen molar-refractivity contribution in [1.29, 1.82) is 0 Å². The van der Waals surface area contributed by atoms with Gasteiger partial charge in [-0.05, 0) is 66.9 Å². The zero-order chi connectivity index (χ0) is 21.4. The van der Waals surface area contributed by atoms with E-state index in [4.69, 9.17) is 4.74 Å². The van der Waals surface area contributed by atoms with Crippen LogP contribution < -0.4 is 4.74 Å². The number of ketones is 1. The summed E-state index contributed by atoms with van der Waals surface area (Å²) in [6.07, 6.45) is 1.39. The molecule has 4 aromatic rings. The summed E-state index contributed by atoms with van der Waals surface area (Å²) in [4.78, 5) is 17.9. The first-order chi connectivity index (χ1) is 15.1. The number of nitrogens with zero attached hydrogens (tertiary/aromatic N) is 1. The Balaban J connectivity index is 0.00000245. The number of aromatic hydroxyl groups is 1. The summed E-state index contributed by atoms with van der Waals surface area (Å²) in [7, 11) is 0. The SMILES string of the molecule is CCCN1CC(Oc2ccc(C(=O)c3c(-c4cccs4)sc4cc(O)ccc34)cc2)C1.Cl. The monoisotopic (exact) mass is 485 g/mol. The quantitative estimate of drug-likeness (QED) is 0.305. The van der Waals surface area contributed by atoms with Gasteiger partial charge < -0.3 is 9.84 Å². The molecule has 0 amide bonds. The van der Waals surface area contributed by atoms with Crippen molar-refractivity contribution in [3.05, 3.63) is 71.1 Å². The molecule has 0 bridgehead atoms. The van der Waals surface area contributed by atoms with Crippen molar-refractivity contribution in [2.45, 2.75) is 19.4 Å². The van der Waals surface area contributed by atoms with Gasteiger partial charge in [0.15, 0.2) is 5.78 Å². The van der Waals surface area contributed by atoms with E-state index in [0.717, 1.165) is 51.6 Å². The molecule has 3 heterocycles. The first kappa shape index (κ1) is 22.8. The minimum Gasteiger partial charge on any atom is -0.508 e. The number of carbonyl (C=O) groups is 1. The van der Waals surface area contributed by atoms with E-state index in [9.17, 15) is 9.90 Å². The Labute approximate surface area is 201 Å². The molecular formula is C25H24ClNO3S2. The smallest absolute Gasteiger partial charge is 0.195 e. The third kappa shape index (κ3) is 4.41. The second-order valence-corrected chi connectivity index (χ2v) is 9.82. The fraction of sp³-hybridized carbons (Fsp3) is 0.240. The van der Waals surface area contributed by atoms with E-state index in [0.29, 0.717) is 11.1 Å². The predicted molar refractivity (Wildman–Crippen MR) is 135 cm³/mol. The molecule has 0 atom stereocenters. The fourth-order valence-corrected chi connectivity index (χ4v) is 6.10. The molecule has 1 saturated heterocycles. The van der Waals surface area contributed by atoms with Gasteiger partial charge in [-0.1, -0.05) is 13.0 Å². The van der Waals surface area contributed by atoms with E-state index in [1.807, 2.05) is 47.8 Å². The van der Waals surface area contributed by atoms with Crippen molar-refractivity contribution in [2.24, 2.45) is 0 Å². The average molecular weight is 486 g/mol. The maximum Gasteiger partial charge on any atom is 0.195 e. The number of hydrogen-bond acceptors (Lipinski definition) is 6. The van der Waals surface area contributed by atoms with Crippen molar-refractivity contribution in [3.63, 3.8) is 0 Å². The molecule has 1 aliphatic heterocycles. The molecule has 5 rings (SSSR count). The molecule has 7 heteroatoms. The second kappa shape index (κ2) is 9.63. The minimum atomic E-state index is -0.00958. The number of hydrogen-bond donors (Lipinski definition) is 1. The zero-order valence-corrected chi connectivity index (χ0v) is 20.1. The molecule has 0 aliphatic carbocycles. The first-order valence-corrected chi connectivity index (χ1v) is 12.1. The summed E-state index contributed by atoms with van der Waals surface area (Å²) in [6.45, 7) is 5.23. The Kier molecular flexibility index (Phi) is 6.86. The summed E-state index contributed by atoms with van der Waals surface area (Å²) in [5.74, 6) is 1.00. The second-order valence-electron chi connectivity index (χ2n) is 7.82. The van der Waals surface area contributed by atoms with Gasteiger partial charge in [0.2, 0.25) is 0 Å². The number of likely N-dealkylation sites (tertiary alicyclic amines) is 1. The summed E-state index contributed by atoms with van der Waals surface area (Å²) in [5.41, 5.74) is 1.34.